The highest BCUT2D eigenvalue weighted by Crippen LogP contribution is 2.20. The Hall–Kier alpha value is -2.87. The van der Waals surface area contributed by atoms with Crippen LogP contribution < -0.4 is 10.6 Å². The summed E-state index contributed by atoms with van der Waals surface area (Å²) in [5, 5.41) is 16.6. The van der Waals surface area contributed by atoms with Crippen molar-refractivity contribution in [2.75, 3.05) is 10.6 Å². The van der Waals surface area contributed by atoms with Gasteiger partial charge in [0.2, 0.25) is 0 Å². The van der Waals surface area contributed by atoms with Crippen molar-refractivity contribution in [3.63, 3.8) is 0 Å². The first kappa shape index (κ1) is 20.4. The Morgan fingerprint density at radius 2 is 1.53 bits per heavy atom. The van der Waals surface area contributed by atoms with Gasteiger partial charge < -0.3 is 10.6 Å². The van der Waals surface area contributed by atoms with Crippen LogP contribution in [-0.2, 0) is 13.1 Å². The molecule has 152 valence electrons. The summed E-state index contributed by atoms with van der Waals surface area (Å²) in [6.07, 6.45) is 3.64. The van der Waals surface area contributed by atoms with E-state index in [4.69, 9.17) is 35.4 Å². The second-order valence-electron chi connectivity index (χ2n) is 6.61. The lowest BCUT2D eigenvalue weighted by Gasteiger charge is -2.07. The molecule has 0 aliphatic rings. The lowest BCUT2D eigenvalue weighted by atomic mass is 10.2. The molecular weight excluding hydrogens is 439 g/mol. The van der Waals surface area contributed by atoms with Gasteiger partial charge in [0.1, 0.15) is 5.02 Å². The maximum Gasteiger partial charge on any atom is 0.177 e. The van der Waals surface area contributed by atoms with E-state index in [-0.39, 0.29) is 0 Å². The Labute approximate surface area is 189 Å². The standard InChI is InChI=1S/C21H18Cl2N6S/c22-17-8-6-16(7-9-17)12-28-11-10-19(26-28)24-21(30)25-20-18(23)14-29(27-20)13-15-4-2-1-3-5-15/h1-11,14H,12-13H2,(H2,24,25,26,27,30). The van der Waals surface area contributed by atoms with E-state index in [9.17, 15) is 0 Å². The van der Waals surface area contributed by atoms with Crippen molar-refractivity contribution < 1.29 is 0 Å². The molecule has 0 amide bonds. The van der Waals surface area contributed by atoms with Crippen molar-refractivity contribution in [3.05, 3.63) is 94.2 Å². The number of benzene rings is 2. The maximum atomic E-state index is 6.30. The van der Waals surface area contributed by atoms with Gasteiger partial charge in [0, 0.05) is 23.5 Å². The van der Waals surface area contributed by atoms with Crippen molar-refractivity contribution in [1.29, 1.82) is 0 Å². The average Bonchev–Trinajstić information content (AvgIpc) is 3.30. The highest BCUT2D eigenvalue weighted by atomic mass is 35.5. The summed E-state index contributed by atoms with van der Waals surface area (Å²) in [6, 6.07) is 19.5. The predicted molar refractivity (Wildman–Crippen MR) is 125 cm³/mol. The highest BCUT2D eigenvalue weighted by Gasteiger charge is 2.10. The molecule has 6 nitrogen and oxygen atoms in total. The summed E-state index contributed by atoms with van der Waals surface area (Å²) < 4.78 is 3.58. The molecule has 0 spiro atoms. The lowest BCUT2D eigenvalue weighted by Crippen LogP contribution is -2.20. The molecule has 30 heavy (non-hydrogen) atoms. The lowest BCUT2D eigenvalue weighted by molar-refractivity contribution is 0.689. The summed E-state index contributed by atoms with van der Waals surface area (Å²) >= 11 is 17.6. The third-order valence-corrected chi connectivity index (χ3v) is 5.01. The van der Waals surface area contributed by atoms with Crippen LogP contribution in [0.5, 0.6) is 0 Å². The fraction of sp³-hybridized carbons (Fsp3) is 0.0952. The van der Waals surface area contributed by atoms with Crippen LogP contribution in [-0.4, -0.2) is 24.7 Å². The van der Waals surface area contributed by atoms with E-state index in [0.717, 1.165) is 11.1 Å². The number of anilines is 2. The summed E-state index contributed by atoms with van der Waals surface area (Å²) in [5.41, 5.74) is 2.24. The molecule has 0 saturated carbocycles. The van der Waals surface area contributed by atoms with E-state index in [1.165, 1.54) is 0 Å². The quantitative estimate of drug-likeness (QED) is 0.385. The van der Waals surface area contributed by atoms with E-state index in [1.807, 2.05) is 71.5 Å². The van der Waals surface area contributed by atoms with Crippen LogP contribution in [0.3, 0.4) is 0 Å². The minimum absolute atomic E-state index is 0.360. The number of hydrogen-bond acceptors (Lipinski definition) is 3. The van der Waals surface area contributed by atoms with E-state index in [2.05, 4.69) is 20.8 Å². The molecular formula is C21H18Cl2N6S. The van der Waals surface area contributed by atoms with Crippen LogP contribution >= 0.6 is 35.4 Å². The molecule has 0 saturated heterocycles. The van der Waals surface area contributed by atoms with Crippen LogP contribution in [0.15, 0.2) is 73.1 Å². The van der Waals surface area contributed by atoms with Crippen LogP contribution in [0.25, 0.3) is 0 Å². The number of nitrogens with zero attached hydrogens (tertiary/aromatic N) is 4. The molecule has 0 radical (unpaired) electrons. The van der Waals surface area contributed by atoms with E-state index < -0.39 is 0 Å². The summed E-state index contributed by atoms with van der Waals surface area (Å²) in [5.74, 6) is 1.12. The van der Waals surface area contributed by atoms with Crippen LogP contribution in [0.1, 0.15) is 11.1 Å². The van der Waals surface area contributed by atoms with Gasteiger partial charge in [0.15, 0.2) is 16.7 Å². The third-order valence-electron chi connectivity index (χ3n) is 4.28. The van der Waals surface area contributed by atoms with Gasteiger partial charge in [-0.25, -0.2) is 0 Å². The molecule has 2 N–H and O–H groups in total. The highest BCUT2D eigenvalue weighted by molar-refractivity contribution is 7.80. The van der Waals surface area contributed by atoms with E-state index >= 15 is 0 Å². The zero-order valence-corrected chi connectivity index (χ0v) is 18.1. The van der Waals surface area contributed by atoms with Crippen LogP contribution in [0, 0.1) is 0 Å². The molecule has 0 aliphatic heterocycles. The number of rotatable bonds is 6. The van der Waals surface area contributed by atoms with Gasteiger partial charge in [-0.1, -0.05) is 65.7 Å². The summed E-state index contributed by atoms with van der Waals surface area (Å²) in [4.78, 5) is 0. The first-order chi connectivity index (χ1) is 14.5. The fourth-order valence-corrected chi connectivity index (χ4v) is 3.41. The van der Waals surface area contributed by atoms with Crippen LogP contribution in [0.4, 0.5) is 11.6 Å². The Bertz CT molecular complexity index is 1140. The first-order valence-corrected chi connectivity index (χ1v) is 10.3. The normalized spacial score (nSPS) is 10.7. The molecule has 9 heteroatoms. The molecule has 0 fully saturated rings. The first-order valence-electron chi connectivity index (χ1n) is 9.18. The molecule has 2 aromatic carbocycles. The Morgan fingerprint density at radius 3 is 2.30 bits per heavy atom. The topological polar surface area (TPSA) is 59.7 Å². The number of nitrogens with one attached hydrogen (secondary N) is 2. The smallest absolute Gasteiger partial charge is 0.177 e. The molecule has 0 aliphatic carbocycles. The van der Waals surface area contributed by atoms with Crippen molar-refractivity contribution in [2.45, 2.75) is 13.1 Å². The minimum atomic E-state index is 0.360. The molecule has 4 rings (SSSR count). The molecule has 2 aromatic heterocycles. The van der Waals surface area contributed by atoms with Gasteiger partial charge in [-0.15, -0.1) is 0 Å². The number of aromatic nitrogens is 4. The maximum absolute atomic E-state index is 6.30. The van der Waals surface area contributed by atoms with Crippen molar-refractivity contribution >= 4 is 52.2 Å². The second kappa shape index (κ2) is 9.30. The number of halogens is 2. The van der Waals surface area contributed by atoms with Crippen molar-refractivity contribution in [1.82, 2.24) is 19.6 Å². The van der Waals surface area contributed by atoms with Crippen molar-refractivity contribution in [3.8, 4) is 0 Å². The zero-order chi connectivity index (χ0) is 20.9. The Kier molecular flexibility index (Phi) is 6.32. The summed E-state index contributed by atoms with van der Waals surface area (Å²) in [7, 11) is 0. The van der Waals surface area contributed by atoms with Crippen molar-refractivity contribution in [2.24, 2.45) is 0 Å². The molecule has 0 atom stereocenters. The molecule has 0 bridgehead atoms. The van der Waals surface area contributed by atoms with Gasteiger partial charge >= 0.3 is 0 Å². The minimum Gasteiger partial charge on any atom is -0.316 e. The number of hydrogen-bond donors (Lipinski definition) is 2. The van der Waals surface area contributed by atoms with E-state index in [0.29, 0.717) is 39.9 Å². The van der Waals surface area contributed by atoms with Gasteiger partial charge in [-0.3, -0.25) is 9.36 Å². The fourth-order valence-electron chi connectivity index (χ4n) is 2.88. The predicted octanol–water partition coefficient (Wildman–Crippen LogP) is 5.29. The van der Waals surface area contributed by atoms with Crippen LogP contribution in [0.2, 0.25) is 10.0 Å². The molecule has 4 aromatic rings. The molecule has 2 heterocycles. The number of thiocarbonyl (C=S) groups is 1. The Morgan fingerprint density at radius 1 is 0.833 bits per heavy atom. The molecule has 0 unspecified atom stereocenters. The summed E-state index contributed by atoms with van der Waals surface area (Å²) in [6.45, 7) is 1.26. The third kappa shape index (κ3) is 5.38. The van der Waals surface area contributed by atoms with Gasteiger partial charge in [-0.2, -0.15) is 10.2 Å². The van der Waals surface area contributed by atoms with Gasteiger partial charge in [0.25, 0.3) is 0 Å². The van der Waals surface area contributed by atoms with E-state index in [1.54, 1.807) is 10.9 Å². The van der Waals surface area contributed by atoms with Gasteiger partial charge in [0.05, 0.1) is 13.1 Å². The SMILES string of the molecule is S=C(Nc1ccn(Cc2ccc(Cl)cc2)n1)Nc1nn(Cc2ccccc2)cc1Cl. The monoisotopic (exact) mass is 456 g/mol. The Balaban J connectivity index is 1.35. The zero-order valence-electron chi connectivity index (χ0n) is 15.8. The second-order valence-corrected chi connectivity index (χ2v) is 7.86. The average molecular weight is 457 g/mol. The van der Waals surface area contributed by atoms with Gasteiger partial charge in [-0.05, 0) is 35.5 Å². The largest absolute Gasteiger partial charge is 0.316 e.